The number of benzene rings is 1. The lowest BCUT2D eigenvalue weighted by Crippen LogP contribution is -2.03. The van der Waals surface area contributed by atoms with Gasteiger partial charge in [0.15, 0.2) is 0 Å². The molecule has 0 unspecified atom stereocenters. The molecule has 1 aliphatic rings. The first kappa shape index (κ1) is 9.25. The molecular formula is C12H14O2. The molecule has 0 spiro atoms. The van der Waals surface area contributed by atoms with Crippen LogP contribution in [0.5, 0.6) is 0 Å². The van der Waals surface area contributed by atoms with Gasteiger partial charge in [-0.1, -0.05) is 44.2 Å². The summed E-state index contributed by atoms with van der Waals surface area (Å²) in [6.45, 7) is 4.03. The standard InChI is InChI=1S/C12H14O2/c1-12(2)9(10(12)11(13)14)8-6-4-3-5-7-8/h3-7,9-10H,1-2H3,(H,13,14)/t9-,10-/m0/s1. The van der Waals surface area contributed by atoms with Crippen LogP contribution in [-0.4, -0.2) is 11.1 Å². The molecule has 74 valence electrons. The van der Waals surface area contributed by atoms with Crippen LogP contribution in [0.1, 0.15) is 25.3 Å². The van der Waals surface area contributed by atoms with E-state index >= 15 is 0 Å². The second-order valence-electron chi connectivity index (χ2n) is 4.53. The first-order chi connectivity index (χ1) is 6.55. The SMILES string of the molecule is CC1(C)[C@H](C(=O)O)[C@@H]1c1ccccc1. The van der Waals surface area contributed by atoms with E-state index in [4.69, 9.17) is 5.11 Å². The summed E-state index contributed by atoms with van der Waals surface area (Å²) in [6, 6.07) is 9.89. The number of carbonyl (C=O) groups is 1. The number of hydrogen-bond acceptors (Lipinski definition) is 1. The summed E-state index contributed by atoms with van der Waals surface area (Å²) < 4.78 is 0. The monoisotopic (exact) mass is 190 g/mol. The summed E-state index contributed by atoms with van der Waals surface area (Å²) in [7, 11) is 0. The maximum Gasteiger partial charge on any atom is 0.307 e. The van der Waals surface area contributed by atoms with E-state index in [1.54, 1.807) is 0 Å². The van der Waals surface area contributed by atoms with E-state index in [-0.39, 0.29) is 17.3 Å². The van der Waals surface area contributed by atoms with Crippen molar-refractivity contribution in [2.75, 3.05) is 0 Å². The van der Waals surface area contributed by atoms with Gasteiger partial charge in [-0.25, -0.2) is 0 Å². The second kappa shape index (κ2) is 2.84. The van der Waals surface area contributed by atoms with Crippen molar-refractivity contribution < 1.29 is 9.90 Å². The molecule has 1 fully saturated rings. The van der Waals surface area contributed by atoms with Gasteiger partial charge < -0.3 is 5.11 Å². The smallest absolute Gasteiger partial charge is 0.307 e. The molecule has 1 saturated carbocycles. The Morgan fingerprint density at radius 3 is 2.29 bits per heavy atom. The van der Waals surface area contributed by atoms with Crippen molar-refractivity contribution in [3.8, 4) is 0 Å². The van der Waals surface area contributed by atoms with Crippen molar-refractivity contribution in [2.45, 2.75) is 19.8 Å². The molecule has 0 heterocycles. The van der Waals surface area contributed by atoms with Crippen molar-refractivity contribution in [2.24, 2.45) is 11.3 Å². The summed E-state index contributed by atoms with van der Waals surface area (Å²) in [5.74, 6) is -0.713. The molecule has 2 heteroatoms. The summed E-state index contributed by atoms with van der Waals surface area (Å²) in [6.07, 6.45) is 0. The van der Waals surface area contributed by atoms with Crippen LogP contribution in [0.4, 0.5) is 0 Å². The maximum atomic E-state index is 11.0. The molecule has 1 aromatic rings. The second-order valence-corrected chi connectivity index (χ2v) is 4.53. The highest BCUT2D eigenvalue weighted by Crippen LogP contribution is 2.64. The van der Waals surface area contributed by atoms with Gasteiger partial charge in [0.05, 0.1) is 5.92 Å². The molecule has 0 aliphatic heterocycles. The van der Waals surface area contributed by atoms with Gasteiger partial charge >= 0.3 is 5.97 Å². The third-order valence-electron chi connectivity index (χ3n) is 3.25. The highest BCUT2D eigenvalue weighted by molar-refractivity contribution is 5.77. The van der Waals surface area contributed by atoms with Crippen molar-refractivity contribution >= 4 is 5.97 Å². The Balaban J connectivity index is 2.28. The highest BCUT2D eigenvalue weighted by Gasteiger charge is 2.62. The average molecular weight is 190 g/mol. The third-order valence-corrected chi connectivity index (χ3v) is 3.25. The van der Waals surface area contributed by atoms with Crippen LogP contribution in [0.2, 0.25) is 0 Å². The fourth-order valence-electron chi connectivity index (χ4n) is 2.38. The molecule has 1 aliphatic carbocycles. The molecule has 0 bridgehead atoms. The zero-order chi connectivity index (χ0) is 10.3. The Morgan fingerprint density at radius 1 is 1.29 bits per heavy atom. The van der Waals surface area contributed by atoms with Crippen LogP contribution in [0.15, 0.2) is 30.3 Å². The number of hydrogen-bond donors (Lipinski definition) is 1. The lowest BCUT2D eigenvalue weighted by Gasteiger charge is -2.01. The predicted octanol–water partition coefficient (Wildman–Crippen LogP) is 2.51. The van der Waals surface area contributed by atoms with Gasteiger partial charge in [0.2, 0.25) is 0 Å². The van der Waals surface area contributed by atoms with E-state index < -0.39 is 5.97 Å². The minimum Gasteiger partial charge on any atom is -0.481 e. The van der Waals surface area contributed by atoms with E-state index in [2.05, 4.69) is 0 Å². The molecule has 0 amide bonds. The van der Waals surface area contributed by atoms with E-state index in [0.717, 1.165) is 5.56 Å². The van der Waals surface area contributed by atoms with Gasteiger partial charge in [0.1, 0.15) is 0 Å². The van der Waals surface area contributed by atoms with Gasteiger partial charge in [-0.15, -0.1) is 0 Å². The van der Waals surface area contributed by atoms with E-state index in [9.17, 15) is 4.79 Å². The third kappa shape index (κ3) is 1.22. The van der Waals surface area contributed by atoms with Crippen LogP contribution in [-0.2, 0) is 4.79 Å². The summed E-state index contributed by atoms with van der Waals surface area (Å²) >= 11 is 0. The van der Waals surface area contributed by atoms with Gasteiger partial charge in [-0.2, -0.15) is 0 Å². The van der Waals surface area contributed by atoms with Crippen molar-refractivity contribution in [3.63, 3.8) is 0 Å². The molecule has 2 atom stereocenters. The first-order valence-electron chi connectivity index (χ1n) is 4.83. The van der Waals surface area contributed by atoms with Crippen LogP contribution in [0.25, 0.3) is 0 Å². The minimum absolute atomic E-state index is 0.0901. The number of carboxylic acid groups (broad SMARTS) is 1. The maximum absolute atomic E-state index is 11.0. The zero-order valence-corrected chi connectivity index (χ0v) is 8.40. The fraction of sp³-hybridized carbons (Fsp3) is 0.417. The molecule has 1 aromatic carbocycles. The number of carboxylic acids is 1. The van der Waals surface area contributed by atoms with Crippen LogP contribution >= 0.6 is 0 Å². The van der Waals surface area contributed by atoms with Gasteiger partial charge in [0.25, 0.3) is 0 Å². The van der Waals surface area contributed by atoms with E-state index in [0.29, 0.717) is 0 Å². The Morgan fingerprint density at radius 2 is 1.86 bits per heavy atom. The largest absolute Gasteiger partial charge is 0.481 e. The molecule has 0 saturated heterocycles. The average Bonchev–Trinajstić information content (AvgIpc) is 2.71. The van der Waals surface area contributed by atoms with Crippen molar-refractivity contribution in [3.05, 3.63) is 35.9 Å². The molecule has 0 radical (unpaired) electrons. The minimum atomic E-state index is -0.677. The Bertz CT molecular complexity index is 354. The van der Waals surface area contributed by atoms with Gasteiger partial charge in [-0.05, 0) is 11.0 Å². The van der Waals surface area contributed by atoms with E-state index in [1.807, 2.05) is 44.2 Å². The van der Waals surface area contributed by atoms with Crippen molar-refractivity contribution in [1.82, 2.24) is 0 Å². The lowest BCUT2D eigenvalue weighted by molar-refractivity contribution is -0.139. The Hall–Kier alpha value is -1.31. The summed E-state index contributed by atoms with van der Waals surface area (Å²) in [5, 5.41) is 9.02. The summed E-state index contributed by atoms with van der Waals surface area (Å²) in [5.41, 5.74) is 1.05. The fourth-order valence-corrected chi connectivity index (χ4v) is 2.38. The number of rotatable bonds is 2. The Kier molecular flexibility index (Phi) is 1.88. The molecule has 1 N–H and O–H groups in total. The molecule has 2 rings (SSSR count). The Labute approximate surface area is 83.6 Å². The molecule has 14 heavy (non-hydrogen) atoms. The highest BCUT2D eigenvalue weighted by atomic mass is 16.4. The zero-order valence-electron chi connectivity index (χ0n) is 8.40. The molecule has 0 aromatic heterocycles. The lowest BCUT2D eigenvalue weighted by atomic mass is 10.0. The molecule has 2 nitrogen and oxygen atoms in total. The summed E-state index contributed by atoms with van der Waals surface area (Å²) in [4.78, 5) is 11.0. The molecular weight excluding hydrogens is 176 g/mol. The first-order valence-corrected chi connectivity index (χ1v) is 4.83. The number of aliphatic carboxylic acids is 1. The van der Waals surface area contributed by atoms with Gasteiger partial charge in [0, 0.05) is 5.92 Å². The topological polar surface area (TPSA) is 37.3 Å². The van der Waals surface area contributed by atoms with Gasteiger partial charge in [-0.3, -0.25) is 4.79 Å². The van der Waals surface area contributed by atoms with Crippen molar-refractivity contribution in [1.29, 1.82) is 0 Å². The van der Waals surface area contributed by atoms with E-state index in [1.165, 1.54) is 0 Å². The quantitative estimate of drug-likeness (QED) is 0.778. The predicted molar refractivity (Wildman–Crippen MR) is 54.1 cm³/mol. The van der Waals surface area contributed by atoms with Crippen LogP contribution < -0.4 is 0 Å². The van der Waals surface area contributed by atoms with Crippen LogP contribution in [0, 0.1) is 11.3 Å². The normalized spacial score (nSPS) is 28.4. The van der Waals surface area contributed by atoms with Crippen LogP contribution in [0.3, 0.4) is 0 Å².